The largest absolute Gasteiger partial charge is 0.331 e. The van der Waals surface area contributed by atoms with Crippen molar-refractivity contribution >= 4 is 33.7 Å². The molecule has 1 amide bonds. The van der Waals surface area contributed by atoms with Crippen LogP contribution in [0.1, 0.15) is 0 Å². The lowest BCUT2D eigenvalue weighted by Gasteiger charge is -2.11. The number of aromatic nitrogens is 1. The van der Waals surface area contributed by atoms with Crippen LogP contribution in [0.15, 0.2) is 65.7 Å². The molecule has 0 aliphatic carbocycles. The number of rotatable bonds is 3. The van der Waals surface area contributed by atoms with Crippen LogP contribution in [-0.4, -0.2) is 27.9 Å². The van der Waals surface area contributed by atoms with Gasteiger partial charge < -0.3 is 9.88 Å². The van der Waals surface area contributed by atoms with E-state index < -0.39 is 0 Å². The second-order valence-corrected chi connectivity index (χ2v) is 6.71. The molecule has 0 radical (unpaired) electrons. The van der Waals surface area contributed by atoms with Crippen molar-refractivity contribution < 1.29 is 4.79 Å². The standard InChI is InChI=1S/C19H17N3OS/c23-18(21-19-20-10-11-24-19)13-22-16-9-5-4-8-15(16)12-17(22)14-6-2-1-3-7-14/h1-9,12H,10-11,13H2,(H,20,21,23). The fourth-order valence-electron chi connectivity index (χ4n) is 2.94. The molecule has 120 valence electrons. The van der Waals surface area contributed by atoms with Crippen molar-refractivity contribution in [2.24, 2.45) is 4.99 Å². The molecule has 24 heavy (non-hydrogen) atoms. The Morgan fingerprint density at radius 2 is 1.92 bits per heavy atom. The summed E-state index contributed by atoms with van der Waals surface area (Å²) in [4.78, 5) is 16.8. The zero-order chi connectivity index (χ0) is 16.4. The summed E-state index contributed by atoms with van der Waals surface area (Å²) in [5.41, 5.74) is 3.22. The minimum Gasteiger partial charge on any atom is -0.331 e. The highest BCUT2D eigenvalue weighted by Crippen LogP contribution is 2.28. The highest BCUT2D eigenvalue weighted by Gasteiger charge is 2.15. The first kappa shape index (κ1) is 15.0. The molecule has 2 aromatic carbocycles. The number of benzene rings is 2. The van der Waals surface area contributed by atoms with Gasteiger partial charge in [-0.1, -0.05) is 60.3 Å². The van der Waals surface area contributed by atoms with Crippen LogP contribution in [0.5, 0.6) is 0 Å². The van der Waals surface area contributed by atoms with Gasteiger partial charge in [-0.25, -0.2) is 0 Å². The van der Waals surface area contributed by atoms with E-state index >= 15 is 0 Å². The Labute approximate surface area is 144 Å². The summed E-state index contributed by atoms with van der Waals surface area (Å²) in [6.45, 7) is 1.05. The van der Waals surface area contributed by atoms with E-state index in [1.807, 2.05) is 30.3 Å². The molecule has 0 atom stereocenters. The van der Waals surface area contributed by atoms with Crippen LogP contribution in [0.2, 0.25) is 0 Å². The van der Waals surface area contributed by atoms with Gasteiger partial charge in [0.2, 0.25) is 5.91 Å². The summed E-state index contributed by atoms with van der Waals surface area (Å²) in [5.74, 6) is 0.902. The molecule has 0 bridgehead atoms. The molecule has 0 spiro atoms. The van der Waals surface area contributed by atoms with E-state index in [2.05, 4.69) is 45.2 Å². The Hall–Kier alpha value is -2.53. The highest BCUT2D eigenvalue weighted by molar-refractivity contribution is 8.14. The Kier molecular flexibility index (Phi) is 4.09. The fraction of sp³-hybridized carbons (Fsp3) is 0.158. The van der Waals surface area contributed by atoms with Gasteiger partial charge in [-0.2, -0.15) is 0 Å². The number of amidine groups is 1. The third-order valence-corrected chi connectivity index (χ3v) is 4.90. The summed E-state index contributed by atoms with van der Waals surface area (Å²) in [6.07, 6.45) is 0. The zero-order valence-corrected chi connectivity index (χ0v) is 13.9. The second-order valence-electron chi connectivity index (χ2n) is 5.62. The number of thioether (sulfide) groups is 1. The van der Waals surface area contributed by atoms with Crippen molar-refractivity contribution in [1.82, 2.24) is 9.88 Å². The molecular formula is C19H17N3OS. The van der Waals surface area contributed by atoms with Crippen molar-refractivity contribution in [3.63, 3.8) is 0 Å². The van der Waals surface area contributed by atoms with Crippen LogP contribution in [0.25, 0.3) is 22.2 Å². The third kappa shape index (κ3) is 2.95. The van der Waals surface area contributed by atoms with Crippen molar-refractivity contribution in [2.75, 3.05) is 12.3 Å². The quantitative estimate of drug-likeness (QED) is 0.796. The van der Waals surface area contributed by atoms with Crippen LogP contribution in [0.3, 0.4) is 0 Å². The van der Waals surface area contributed by atoms with E-state index in [0.29, 0.717) is 0 Å². The lowest BCUT2D eigenvalue weighted by atomic mass is 10.1. The molecular weight excluding hydrogens is 318 g/mol. The number of aliphatic imine (C=N–C) groups is 1. The van der Waals surface area contributed by atoms with Gasteiger partial charge in [0.05, 0.1) is 6.54 Å². The van der Waals surface area contributed by atoms with E-state index in [0.717, 1.165) is 39.6 Å². The molecule has 4 rings (SSSR count). The SMILES string of the molecule is O=C(Cn1c(-c2ccccc2)cc2ccccc21)NC1=NCCS1. The predicted molar refractivity (Wildman–Crippen MR) is 100 cm³/mol. The van der Waals surface area contributed by atoms with Gasteiger partial charge >= 0.3 is 0 Å². The van der Waals surface area contributed by atoms with Crippen molar-refractivity contribution in [2.45, 2.75) is 6.54 Å². The van der Waals surface area contributed by atoms with Gasteiger partial charge in [0, 0.05) is 22.3 Å². The average Bonchev–Trinajstić information content (AvgIpc) is 3.24. The first-order chi connectivity index (χ1) is 11.8. The maximum atomic E-state index is 12.5. The Morgan fingerprint density at radius 1 is 1.12 bits per heavy atom. The number of para-hydroxylation sites is 1. The molecule has 2 heterocycles. The zero-order valence-electron chi connectivity index (χ0n) is 13.1. The molecule has 0 fully saturated rings. The second kappa shape index (κ2) is 6.53. The third-order valence-electron chi connectivity index (χ3n) is 4.01. The Balaban J connectivity index is 1.71. The number of fused-ring (bicyclic) bond motifs is 1. The van der Waals surface area contributed by atoms with Crippen molar-refractivity contribution in [3.05, 3.63) is 60.7 Å². The minimum atomic E-state index is -0.0401. The van der Waals surface area contributed by atoms with E-state index in [4.69, 9.17) is 0 Å². The van der Waals surface area contributed by atoms with Gasteiger partial charge in [-0.05, 0) is 17.7 Å². The van der Waals surface area contributed by atoms with Gasteiger partial charge in [-0.15, -0.1) is 0 Å². The molecule has 1 N–H and O–H groups in total. The van der Waals surface area contributed by atoms with Crippen LogP contribution in [0, 0.1) is 0 Å². The van der Waals surface area contributed by atoms with Crippen LogP contribution in [-0.2, 0) is 11.3 Å². The molecule has 0 unspecified atom stereocenters. The van der Waals surface area contributed by atoms with Crippen molar-refractivity contribution in [3.8, 4) is 11.3 Å². The fourth-order valence-corrected chi connectivity index (χ4v) is 3.69. The van der Waals surface area contributed by atoms with E-state index in [1.54, 1.807) is 11.8 Å². The Bertz CT molecular complexity index is 915. The monoisotopic (exact) mass is 335 g/mol. The van der Waals surface area contributed by atoms with Crippen molar-refractivity contribution in [1.29, 1.82) is 0 Å². The molecule has 1 aliphatic rings. The number of amides is 1. The summed E-state index contributed by atoms with van der Waals surface area (Å²) < 4.78 is 2.07. The van der Waals surface area contributed by atoms with Gasteiger partial charge in [0.15, 0.2) is 5.17 Å². The molecule has 4 nitrogen and oxygen atoms in total. The molecule has 1 aromatic heterocycles. The summed E-state index contributed by atoms with van der Waals surface area (Å²) >= 11 is 1.60. The molecule has 3 aromatic rings. The molecule has 0 saturated heterocycles. The van der Waals surface area contributed by atoms with Gasteiger partial charge in [0.25, 0.3) is 0 Å². The Morgan fingerprint density at radius 3 is 2.71 bits per heavy atom. The summed E-state index contributed by atoms with van der Waals surface area (Å²) in [6, 6.07) is 20.5. The summed E-state index contributed by atoms with van der Waals surface area (Å²) in [5, 5.41) is 4.78. The highest BCUT2D eigenvalue weighted by atomic mass is 32.2. The molecule has 1 aliphatic heterocycles. The van der Waals surface area contributed by atoms with Crippen LogP contribution >= 0.6 is 11.8 Å². The summed E-state index contributed by atoms with van der Waals surface area (Å²) in [7, 11) is 0. The number of carbonyl (C=O) groups is 1. The topological polar surface area (TPSA) is 46.4 Å². The lowest BCUT2D eigenvalue weighted by molar-refractivity contribution is -0.120. The number of nitrogens with zero attached hydrogens (tertiary/aromatic N) is 2. The first-order valence-electron chi connectivity index (χ1n) is 7.92. The van der Waals surface area contributed by atoms with Gasteiger partial charge in [-0.3, -0.25) is 9.79 Å². The van der Waals surface area contributed by atoms with E-state index in [1.165, 1.54) is 0 Å². The number of nitrogens with one attached hydrogen (secondary N) is 1. The predicted octanol–water partition coefficient (Wildman–Crippen LogP) is 3.53. The van der Waals surface area contributed by atoms with E-state index in [9.17, 15) is 4.79 Å². The van der Waals surface area contributed by atoms with Crippen LogP contribution < -0.4 is 5.32 Å². The first-order valence-corrected chi connectivity index (χ1v) is 8.90. The molecule has 5 heteroatoms. The van der Waals surface area contributed by atoms with E-state index in [-0.39, 0.29) is 12.5 Å². The van der Waals surface area contributed by atoms with Gasteiger partial charge in [0.1, 0.15) is 6.54 Å². The number of hydrogen-bond acceptors (Lipinski definition) is 3. The smallest absolute Gasteiger partial charge is 0.245 e. The van der Waals surface area contributed by atoms with Crippen LogP contribution in [0.4, 0.5) is 0 Å². The maximum Gasteiger partial charge on any atom is 0.245 e. The number of hydrogen-bond donors (Lipinski definition) is 1. The molecule has 0 saturated carbocycles. The number of carbonyl (C=O) groups excluding carboxylic acids is 1. The maximum absolute atomic E-state index is 12.5. The average molecular weight is 335 g/mol. The lowest BCUT2D eigenvalue weighted by Crippen LogP contribution is -2.31. The normalized spacial score (nSPS) is 13.9. The minimum absolute atomic E-state index is 0.0401.